The van der Waals surface area contributed by atoms with Crippen LogP contribution in [0, 0.1) is 0 Å². The number of aromatic nitrogens is 2. The minimum atomic E-state index is 0.839. The molecule has 0 fully saturated rings. The van der Waals surface area contributed by atoms with Gasteiger partial charge in [0.15, 0.2) is 0 Å². The standard InChI is InChI=1S/C16H19N3S/c1-2-9-17-11-15-14-7-3-4-8-16(14)19(18-15)12-13-6-5-10-20-13/h3-8,10,17H,2,9,11-12H2,1H3. The van der Waals surface area contributed by atoms with E-state index in [4.69, 9.17) is 5.10 Å². The summed E-state index contributed by atoms with van der Waals surface area (Å²) in [4.78, 5) is 1.34. The molecule has 1 N–H and O–H groups in total. The Balaban J connectivity index is 1.91. The molecule has 4 heteroatoms. The Morgan fingerprint density at radius 3 is 2.90 bits per heavy atom. The van der Waals surface area contributed by atoms with Gasteiger partial charge < -0.3 is 5.32 Å². The van der Waals surface area contributed by atoms with Gasteiger partial charge >= 0.3 is 0 Å². The molecule has 2 heterocycles. The fourth-order valence-corrected chi connectivity index (χ4v) is 3.07. The third-order valence-electron chi connectivity index (χ3n) is 3.34. The Bertz CT molecular complexity index is 670. The van der Waals surface area contributed by atoms with E-state index in [9.17, 15) is 0 Å². The zero-order chi connectivity index (χ0) is 13.8. The number of rotatable bonds is 6. The fourth-order valence-electron chi connectivity index (χ4n) is 2.38. The summed E-state index contributed by atoms with van der Waals surface area (Å²) in [5, 5.41) is 11.6. The monoisotopic (exact) mass is 285 g/mol. The van der Waals surface area contributed by atoms with Gasteiger partial charge in [0.05, 0.1) is 17.8 Å². The van der Waals surface area contributed by atoms with Gasteiger partial charge in [-0.05, 0) is 30.5 Å². The third-order valence-corrected chi connectivity index (χ3v) is 4.20. The first-order valence-electron chi connectivity index (χ1n) is 7.06. The number of benzene rings is 1. The summed E-state index contributed by atoms with van der Waals surface area (Å²) >= 11 is 1.78. The summed E-state index contributed by atoms with van der Waals surface area (Å²) in [6, 6.07) is 12.7. The molecule has 3 aromatic rings. The van der Waals surface area contributed by atoms with Gasteiger partial charge in [0.1, 0.15) is 0 Å². The van der Waals surface area contributed by atoms with Gasteiger partial charge in [0.25, 0.3) is 0 Å². The van der Waals surface area contributed by atoms with Crippen LogP contribution in [0.15, 0.2) is 41.8 Å². The van der Waals surface area contributed by atoms with Crippen LogP contribution in [0.5, 0.6) is 0 Å². The van der Waals surface area contributed by atoms with Crippen molar-refractivity contribution in [3.8, 4) is 0 Å². The van der Waals surface area contributed by atoms with Gasteiger partial charge in [-0.3, -0.25) is 4.68 Å². The summed E-state index contributed by atoms with van der Waals surface area (Å²) in [6.45, 7) is 4.91. The number of nitrogens with one attached hydrogen (secondary N) is 1. The minimum absolute atomic E-state index is 0.839. The van der Waals surface area contributed by atoms with E-state index in [0.29, 0.717) is 0 Å². The molecule has 0 aliphatic rings. The molecule has 0 saturated heterocycles. The highest BCUT2D eigenvalue weighted by molar-refractivity contribution is 7.09. The van der Waals surface area contributed by atoms with E-state index in [1.807, 2.05) is 0 Å². The Labute approximate surface area is 123 Å². The number of fused-ring (bicyclic) bond motifs is 1. The van der Waals surface area contributed by atoms with E-state index in [-0.39, 0.29) is 0 Å². The lowest BCUT2D eigenvalue weighted by atomic mass is 10.2. The first kappa shape index (κ1) is 13.3. The molecule has 20 heavy (non-hydrogen) atoms. The maximum Gasteiger partial charge on any atom is 0.0841 e. The van der Waals surface area contributed by atoms with Crippen molar-refractivity contribution in [3.05, 3.63) is 52.3 Å². The van der Waals surface area contributed by atoms with E-state index in [0.717, 1.165) is 31.7 Å². The molecule has 3 rings (SSSR count). The van der Waals surface area contributed by atoms with Crippen molar-refractivity contribution in [3.63, 3.8) is 0 Å². The van der Waals surface area contributed by atoms with Gasteiger partial charge in [-0.1, -0.05) is 31.2 Å². The molecule has 104 valence electrons. The summed E-state index contributed by atoms with van der Waals surface area (Å²) in [5.41, 5.74) is 2.36. The van der Waals surface area contributed by atoms with Crippen LogP contribution in [0.1, 0.15) is 23.9 Å². The van der Waals surface area contributed by atoms with Crippen molar-refractivity contribution in [2.24, 2.45) is 0 Å². The molecule has 0 radical (unpaired) electrons. The van der Waals surface area contributed by atoms with Crippen LogP contribution in [0.3, 0.4) is 0 Å². The Morgan fingerprint density at radius 1 is 1.20 bits per heavy atom. The van der Waals surface area contributed by atoms with Crippen molar-refractivity contribution in [1.82, 2.24) is 15.1 Å². The Hall–Kier alpha value is -1.65. The highest BCUT2D eigenvalue weighted by Crippen LogP contribution is 2.20. The largest absolute Gasteiger partial charge is 0.311 e. The van der Waals surface area contributed by atoms with Gasteiger partial charge in [0, 0.05) is 16.8 Å². The molecule has 3 nitrogen and oxygen atoms in total. The second kappa shape index (κ2) is 6.20. The zero-order valence-corrected chi connectivity index (χ0v) is 12.5. The van der Waals surface area contributed by atoms with E-state index < -0.39 is 0 Å². The Kier molecular flexibility index (Phi) is 4.14. The van der Waals surface area contributed by atoms with E-state index in [1.54, 1.807) is 11.3 Å². The van der Waals surface area contributed by atoms with Crippen molar-refractivity contribution in [1.29, 1.82) is 0 Å². The maximum atomic E-state index is 4.80. The second-order valence-electron chi connectivity index (χ2n) is 4.88. The molecule has 0 unspecified atom stereocenters. The minimum Gasteiger partial charge on any atom is -0.311 e. The quantitative estimate of drug-likeness (QED) is 0.701. The van der Waals surface area contributed by atoms with Crippen LogP contribution in [-0.4, -0.2) is 16.3 Å². The van der Waals surface area contributed by atoms with Crippen LogP contribution >= 0.6 is 11.3 Å². The van der Waals surface area contributed by atoms with E-state index in [2.05, 4.69) is 58.7 Å². The highest BCUT2D eigenvalue weighted by Gasteiger charge is 2.10. The van der Waals surface area contributed by atoms with Gasteiger partial charge in [-0.15, -0.1) is 11.3 Å². The van der Waals surface area contributed by atoms with Crippen LogP contribution < -0.4 is 5.32 Å². The van der Waals surface area contributed by atoms with Crippen LogP contribution in [0.25, 0.3) is 10.9 Å². The van der Waals surface area contributed by atoms with Crippen molar-refractivity contribution < 1.29 is 0 Å². The number of nitrogens with zero attached hydrogens (tertiary/aromatic N) is 2. The molecule has 0 aliphatic carbocycles. The van der Waals surface area contributed by atoms with Crippen molar-refractivity contribution in [2.75, 3.05) is 6.54 Å². The summed E-state index contributed by atoms with van der Waals surface area (Å²) in [7, 11) is 0. The first-order valence-corrected chi connectivity index (χ1v) is 7.94. The molecular weight excluding hydrogens is 266 g/mol. The highest BCUT2D eigenvalue weighted by atomic mass is 32.1. The SMILES string of the molecule is CCCNCc1nn(Cc2cccs2)c2ccccc12. The molecule has 2 aromatic heterocycles. The molecule has 0 spiro atoms. The predicted octanol–water partition coefficient (Wildman–Crippen LogP) is 3.65. The smallest absolute Gasteiger partial charge is 0.0841 e. The molecule has 0 amide bonds. The zero-order valence-electron chi connectivity index (χ0n) is 11.7. The van der Waals surface area contributed by atoms with Crippen LogP contribution in [-0.2, 0) is 13.1 Å². The predicted molar refractivity (Wildman–Crippen MR) is 85.2 cm³/mol. The van der Waals surface area contributed by atoms with Gasteiger partial charge in [0.2, 0.25) is 0 Å². The number of thiophene rings is 1. The average molecular weight is 285 g/mol. The lowest BCUT2D eigenvalue weighted by Gasteiger charge is -2.00. The lowest BCUT2D eigenvalue weighted by molar-refractivity contribution is 0.638. The lowest BCUT2D eigenvalue weighted by Crippen LogP contribution is -2.14. The third kappa shape index (κ3) is 2.76. The molecular formula is C16H19N3S. The first-order chi connectivity index (χ1) is 9.88. The Morgan fingerprint density at radius 2 is 2.10 bits per heavy atom. The fraction of sp³-hybridized carbons (Fsp3) is 0.312. The number of hydrogen-bond donors (Lipinski definition) is 1. The van der Waals surface area contributed by atoms with Gasteiger partial charge in [-0.2, -0.15) is 5.10 Å². The second-order valence-corrected chi connectivity index (χ2v) is 5.91. The van der Waals surface area contributed by atoms with Crippen molar-refractivity contribution >= 4 is 22.2 Å². The van der Waals surface area contributed by atoms with Crippen LogP contribution in [0.4, 0.5) is 0 Å². The van der Waals surface area contributed by atoms with E-state index in [1.165, 1.54) is 15.8 Å². The summed E-state index contributed by atoms with van der Waals surface area (Å²) < 4.78 is 2.12. The van der Waals surface area contributed by atoms with Crippen LogP contribution in [0.2, 0.25) is 0 Å². The normalized spacial score (nSPS) is 11.2. The van der Waals surface area contributed by atoms with Gasteiger partial charge in [-0.25, -0.2) is 0 Å². The molecule has 0 bridgehead atoms. The van der Waals surface area contributed by atoms with Crippen molar-refractivity contribution in [2.45, 2.75) is 26.4 Å². The molecule has 1 aromatic carbocycles. The number of hydrogen-bond acceptors (Lipinski definition) is 3. The summed E-state index contributed by atoms with van der Waals surface area (Å²) in [5.74, 6) is 0. The topological polar surface area (TPSA) is 29.9 Å². The average Bonchev–Trinajstić information content (AvgIpc) is 3.09. The number of para-hydroxylation sites is 1. The molecule has 0 saturated carbocycles. The van der Waals surface area contributed by atoms with E-state index >= 15 is 0 Å². The maximum absolute atomic E-state index is 4.80. The summed E-state index contributed by atoms with van der Waals surface area (Å²) in [6.07, 6.45) is 1.15. The molecule has 0 aliphatic heterocycles. The molecule has 0 atom stereocenters.